The molecule has 0 heterocycles. The monoisotopic (exact) mass is 330 g/mol. The van der Waals surface area contributed by atoms with E-state index in [0.29, 0.717) is 5.33 Å². The van der Waals surface area contributed by atoms with Crippen molar-refractivity contribution in [3.05, 3.63) is 0 Å². The van der Waals surface area contributed by atoms with Gasteiger partial charge in [0.25, 0.3) is 0 Å². The first-order valence-corrected chi connectivity index (χ1v) is 7.62. The number of hydrogen-bond donors (Lipinski definition) is 1. The molecule has 6 nitrogen and oxygen atoms in total. The fourth-order valence-electron chi connectivity index (χ4n) is 0.821. The van der Waals surface area contributed by atoms with E-state index in [4.69, 9.17) is 4.74 Å². The molecule has 0 bridgehead atoms. The van der Waals surface area contributed by atoms with Crippen molar-refractivity contribution in [2.24, 2.45) is 0 Å². The molecule has 0 atom stereocenters. The molecule has 102 valence electrons. The van der Waals surface area contributed by atoms with Crippen LogP contribution in [0.25, 0.3) is 0 Å². The molecule has 0 aliphatic rings. The van der Waals surface area contributed by atoms with E-state index in [1.807, 2.05) is 4.72 Å². The average Bonchev–Trinajstić information content (AvgIpc) is 2.14. The third kappa shape index (κ3) is 5.22. The van der Waals surface area contributed by atoms with E-state index in [1.54, 1.807) is 27.7 Å². The van der Waals surface area contributed by atoms with Crippen LogP contribution in [0.1, 0.15) is 27.7 Å². The highest BCUT2D eigenvalue weighted by Gasteiger charge is 2.33. The van der Waals surface area contributed by atoms with Gasteiger partial charge in [-0.3, -0.25) is 0 Å². The number of alkyl halides is 1. The van der Waals surface area contributed by atoms with E-state index in [1.165, 1.54) is 7.05 Å². The Bertz CT molecular complexity index is 367. The van der Waals surface area contributed by atoms with Crippen LogP contribution >= 0.6 is 15.9 Å². The van der Waals surface area contributed by atoms with Crippen molar-refractivity contribution in [3.63, 3.8) is 0 Å². The molecule has 1 N–H and O–H groups in total. The van der Waals surface area contributed by atoms with E-state index in [-0.39, 0.29) is 6.10 Å². The number of nitrogens with zero attached hydrogens (tertiary/aromatic N) is 1. The molecule has 0 aromatic carbocycles. The highest BCUT2D eigenvalue weighted by atomic mass is 79.9. The number of halogens is 1. The van der Waals surface area contributed by atoms with Crippen LogP contribution in [0.2, 0.25) is 0 Å². The van der Waals surface area contributed by atoms with Gasteiger partial charge in [-0.15, -0.1) is 0 Å². The molecule has 17 heavy (non-hydrogen) atoms. The Morgan fingerprint density at radius 1 is 1.47 bits per heavy atom. The van der Waals surface area contributed by atoms with Crippen molar-refractivity contribution in [1.82, 2.24) is 9.03 Å². The third-order valence-corrected chi connectivity index (χ3v) is 5.11. The van der Waals surface area contributed by atoms with E-state index in [9.17, 15) is 13.2 Å². The largest absolute Gasteiger partial charge is 0.446 e. The minimum atomic E-state index is -3.90. The quantitative estimate of drug-likeness (QED) is 0.774. The van der Waals surface area contributed by atoms with Gasteiger partial charge in [-0.05, 0) is 27.7 Å². The van der Waals surface area contributed by atoms with Crippen LogP contribution in [-0.4, -0.2) is 42.8 Å². The topological polar surface area (TPSA) is 75.7 Å². The van der Waals surface area contributed by atoms with Gasteiger partial charge in [0.2, 0.25) is 0 Å². The van der Waals surface area contributed by atoms with Crippen LogP contribution in [0.3, 0.4) is 0 Å². The predicted molar refractivity (Wildman–Crippen MR) is 69.3 cm³/mol. The second kappa shape index (κ2) is 6.01. The molecule has 0 aliphatic carbocycles. The number of carbonyl (C=O) groups excluding carboxylic acids is 1. The maximum absolute atomic E-state index is 11.8. The standard InChI is InChI=1S/C9H19BrN2O4S/c1-7(2)16-8(13)11-17(14,15)12(5)9(3,4)6-10/h7H,6H2,1-5H3,(H,11,13). The maximum Gasteiger partial charge on any atom is 0.422 e. The zero-order valence-electron chi connectivity index (χ0n) is 10.7. The summed E-state index contributed by atoms with van der Waals surface area (Å²) in [5.74, 6) is 0. The highest BCUT2D eigenvalue weighted by molar-refractivity contribution is 9.09. The van der Waals surface area contributed by atoms with Gasteiger partial charge in [0, 0.05) is 17.9 Å². The molecular formula is C9H19BrN2O4S. The fourth-order valence-corrected chi connectivity index (χ4v) is 2.47. The van der Waals surface area contributed by atoms with E-state index < -0.39 is 21.8 Å². The number of rotatable bonds is 5. The summed E-state index contributed by atoms with van der Waals surface area (Å²) in [4.78, 5) is 11.2. The lowest BCUT2D eigenvalue weighted by atomic mass is 10.1. The van der Waals surface area contributed by atoms with E-state index >= 15 is 0 Å². The van der Waals surface area contributed by atoms with Gasteiger partial charge in [-0.2, -0.15) is 12.7 Å². The van der Waals surface area contributed by atoms with Crippen LogP contribution in [0.4, 0.5) is 4.79 Å². The van der Waals surface area contributed by atoms with Crippen LogP contribution < -0.4 is 4.72 Å². The lowest BCUT2D eigenvalue weighted by Gasteiger charge is -2.32. The molecule has 0 aromatic rings. The number of amides is 1. The van der Waals surface area contributed by atoms with Crippen molar-refractivity contribution < 1.29 is 17.9 Å². The summed E-state index contributed by atoms with van der Waals surface area (Å²) in [6.45, 7) is 6.74. The molecule has 0 saturated carbocycles. The number of nitrogens with one attached hydrogen (secondary N) is 1. The summed E-state index contributed by atoms with van der Waals surface area (Å²) in [7, 11) is -2.50. The second-order valence-corrected chi connectivity index (χ2v) is 6.74. The van der Waals surface area contributed by atoms with Crippen molar-refractivity contribution in [1.29, 1.82) is 0 Å². The number of hydrogen-bond acceptors (Lipinski definition) is 4. The summed E-state index contributed by atoms with van der Waals surface area (Å²) in [5.41, 5.74) is -0.649. The zero-order chi connectivity index (χ0) is 13.9. The Morgan fingerprint density at radius 3 is 2.29 bits per heavy atom. The molecule has 0 rings (SSSR count). The average molecular weight is 331 g/mol. The van der Waals surface area contributed by atoms with Gasteiger partial charge < -0.3 is 4.74 Å². The van der Waals surface area contributed by atoms with Gasteiger partial charge in [0.05, 0.1) is 6.10 Å². The minimum absolute atomic E-state index is 0.375. The first kappa shape index (κ1) is 16.7. The van der Waals surface area contributed by atoms with Crippen molar-refractivity contribution in [2.75, 3.05) is 12.4 Å². The zero-order valence-corrected chi connectivity index (χ0v) is 13.1. The molecule has 0 aliphatic heterocycles. The van der Waals surface area contributed by atoms with E-state index in [2.05, 4.69) is 15.9 Å². The normalized spacial score (nSPS) is 12.9. The molecule has 0 aromatic heterocycles. The Morgan fingerprint density at radius 2 is 1.94 bits per heavy atom. The van der Waals surface area contributed by atoms with Crippen LogP contribution in [-0.2, 0) is 14.9 Å². The molecule has 1 amide bonds. The molecule has 0 fully saturated rings. The first-order valence-electron chi connectivity index (χ1n) is 5.06. The molecule has 0 spiro atoms. The lowest BCUT2D eigenvalue weighted by molar-refractivity contribution is 0.120. The van der Waals surface area contributed by atoms with Gasteiger partial charge in [-0.1, -0.05) is 15.9 Å². The fraction of sp³-hybridized carbons (Fsp3) is 0.889. The smallest absolute Gasteiger partial charge is 0.422 e. The summed E-state index contributed by atoms with van der Waals surface area (Å²) < 4.78 is 31.3. The second-order valence-electron chi connectivity index (χ2n) is 4.47. The van der Waals surface area contributed by atoms with Crippen molar-refractivity contribution >= 4 is 32.2 Å². The first-order chi connectivity index (χ1) is 7.53. The Hall–Kier alpha value is -0.340. The summed E-state index contributed by atoms with van der Waals surface area (Å²) >= 11 is 3.22. The molecule has 0 radical (unpaired) electrons. The summed E-state index contributed by atoms with van der Waals surface area (Å²) in [6, 6.07) is 0. The van der Waals surface area contributed by atoms with Gasteiger partial charge >= 0.3 is 16.3 Å². The number of ether oxygens (including phenoxy) is 1. The Labute approximate surface area is 111 Å². The molecule has 0 saturated heterocycles. The SMILES string of the molecule is CC(C)OC(=O)NS(=O)(=O)N(C)C(C)(C)CBr. The predicted octanol–water partition coefficient (Wildman–Crippen LogP) is 1.47. The highest BCUT2D eigenvalue weighted by Crippen LogP contribution is 2.18. The molecular weight excluding hydrogens is 312 g/mol. The Kier molecular flexibility index (Phi) is 5.89. The Balaban J connectivity index is 4.76. The van der Waals surface area contributed by atoms with E-state index in [0.717, 1.165) is 4.31 Å². The molecule has 0 unspecified atom stereocenters. The minimum Gasteiger partial charge on any atom is -0.446 e. The van der Waals surface area contributed by atoms with Crippen molar-refractivity contribution in [3.8, 4) is 0 Å². The van der Waals surface area contributed by atoms with Crippen LogP contribution in [0, 0.1) is 0 Å². The van der Waals surface area contributed by atoms with Crippen molar-refractivity contribution in [2.45, 2.75) is 39.3 Å². The van der Waals surface area contributed by atoms with Crippen LogP contribution in [0.15, 0.2) is 0 Å². The lowest BCUT2D eigenvalue weighted by Crippen LogP contribution is -2.52. The van der Waals surface area contributed by atoms with Crippen LogP contribution in [0.5, 0.6) is 0 Å². The van der Waals surface area contributed by atoms with Gasteiger partial charge in [0.15, 0.2) is 0 Å². The summed E-state index contributed by atoms with van der Waals surface area (Å²) in [6.07, 6.45) is -1.35. The third-order valence-electron chi connectivity index (χ3n) is 2.10. The van der Waals surface area contributed by atoms with Gasteiger partial charge in [-0.25, -0.2) is 9.52 Å². The number of carbonyl (C=O) groups is 1. The maximum atomic E-state index is 11.8. The molecule has 8 heteroatoms. The summed E-state index contributed by atoms with van der Waals surface area (Å²) in [5, 5.41) is 0.441. The van der Waals surface area contributed by atoms with Gasteiger partial charge in [0.1, 0.15) is 0 Å².